The van der Waals surface area contributed by atoms with Gasteiger partial charge in [0, 0.05) is 12.4 Å². The van der Waals surface area contributed by atoms with Crippen LogP contribution in [-0.2, 0) is 0 Å². The molecule has 2 heterocycles. The number of rotatable bonds is 2. The highest BCUT2D eigenvalue weighted by molar-refractivity contribution is 5.98. The lowest BCUT2D eigenvalue weighted by Gasteiger charge is -1.97. The Balaban J connectivity index is 2.70. The molecule has 0 saturated heterocycles. The number of nitrogens with two attached hydrogens (primary N) is 1. The number of primary amides is 1. The summed E-state index contributed by atoms with van der Waals surface area (Å²) >= 11 is 0. The second-order valence-corrected chi connectivity index (χ2v) is 3.84. The zero-order valence-electron chi connectivity index (χ0n) is 8.77. The van der Waals surface area contributed by atoms with E-state index in [1.807, 2.05) is 16.8 Å². The van der Waals surface area contributed by atoms with Crippen LogP contribution in [0.15, 0.2) is 24.5 Å². The first-order chi connectivity index (χ1) is 7.09. The van der Waals surface area contributed by atoms with Crippen LogP contribution in [0.1, 0.15) is 35.8 Å². The Hall–Kier alpha value is -1.84. The third-order valence-electron chi connectivity index (χ3n) is 2.36. The van der Waals surface area contributed by atoms with Crippen LogP contribution < -0.4 is 5.73 Å². The van der Waals surface area contributed by atoms with Gasteiger partial charge in [0.2, 0.25) is 0 Å². The number of hydrogen-bond acceptors (Lipinski definition) is 2. The number of hydrogen-bond donors (Lipinski definition) is 1. The first kappa shape index (κ1) is 9.71. The maximum Gasteiger partial charge on any atom is 0.252 e. The van der Waals surface area contributed by atoms with Gasteiger partial charge in [-0.15, -0.1) is 0 Å². The molecule has 0 aliphatic heterocycles. The molecule has 0 spiro atoms. The number of aromatic nitrogens is 2. The normalized spacial score (nSPS) is 11.1. The molecule has 0 fully saturated rings. The fourth-order valence-corrected chi connectivity index (χ4v) is 1.50. The number of pyridine rings is 1. The van der Waals surface area contributed by atoms with Gasteiger partial charge in [0.05, 0.1) is 11.3 Å². The van der Waals surface area contributed by atoms with Crippen molar-refractivity contribution in [3.63, 3.8) is 0 Å². The molecule has 78 valence electrons. The van der Waals surface area contributed by atoms with Crippen molar-refractivity contribution in [3.8, 4) is 0 Å². The van der Waals surface area contributed by atoms with Crippen molar-refractivity contribution < 1.29 is 4.79 Å². The summed E-state index contributed by atoms with van der Waals surface area (Å²) in [5.74, 6) is -0.105. The molecule has 4 nitrogen and oxygen atoms in total. The van der Waals surface area contributed by atoms with Gasteiger partial charge in [-0.3, -0.25) is 4.79 Å². The average Bonchev–Trinajstić information content (AvgIpc) is 2.60. The number of nitrogens with zero attached hydrogens (tertiary/aromatic N) is 2. The third-order valence-corrected chi connectivity index (χ3v) is 2.36. The van der Waals surface area contributed by atoms with Gasteiger partial charge in [0.1, 0.15) is 5.65 Å². The van der Waals surface area contributed by atoms with E-state index in [1.54, 1.807) is 12.1 Å². The summed E-state index contributed by atoms with van der Waals surface area (Å²) in [5, 5.41) is 0. The minimum atomic E-state index is -0.443. The van der Waals surface area contributed by atoms with Crippen LogP contribution in [-0.4, -0.2) is 15.3 Å². The summed E-state index contributed by atoms with van der Waals surface area (Å²) in [6.07, 6.45) is 3.78. The zero-order valence-corrected chi connectivity index (χ0v) is 8.77. The summed E-state index contributed by atoms with van der Waals surface area (Å²) in [4.78, 5) is 15.6. The molecule has 0 saturated carbocycles. The molecule has 0 atom stereocenters. The number of fused-ring (bicyclic) bond motifs is 1. The van der Waals surface area contributed by atoms with E-state index in [0.717, 1.165) is 5.69 Å². The van der Waals surface area contributed by atoms with Crippen molar-refractivity contribution >= 4 is 11.6 Å². The smallest absolute Gasteiger partial charge is 0.252 e. The fourth-order valence-electron chi connectivity index (χ4n) is 1.50. The second kappa shape index (κ2) is 3.38. The van der Waals surface area contributed by atoms with Crippen LogP contribution in [0, 0.1) is 0 Å². The van der Waals surface area contributed by atoms with Crippen LogP contribution >= 0.6 is 0 Å². The van der Waals surface area contributed by atoms with Gasteiger partial charge in [0.25, 0.3) is 5.91 Å². The molecule has 0 radical (unpaired) electrons. The van der Waals surface area contributed by atoms with Gasteiger partial charge < -0.3 is 10.1 Å². The highest BCUT2D eigenvalue weighted by atomic mass is 16.1. The Kier molecular flexibility index (Phi) is 2.19. The monoisotopic (exact) mass is 203 g/mol. The van der Waals surface area contributed by atoms with E-state index < -0.39 is 5.91 Å². The van der Waals surface area contributed by atoms with Crippen molar-refractivity contribution in [2.45, 2.75) is 19.8 Å². The van der Waals surface area contributed by atoms with E-state index >= 15 is 0 Å². The van der Waals surface area contributed by atoms with Gasteiger partial charge in [-0.1, -0.05) is 13.8 Å². The molecule has 0 unspecified atom stereocenters. The molecule has 1 amide bonds. The first-order valence-corrected chi connectivity index (χ1v) is 4.87. The molecule has 0 bridgehead atoms. The highest BCUT2D eigenvalue weighted by Gasteiger charge is 2.11. The van der Waals surface area contributed by atoms with E-state index in [-0.39, 0.29) is 0 Å². The molecular weight excluding hydrogens is 190 g/mol. The van der Waals surface area contributed by atoms with Gasteiger partial charge in [-0.2, -0.15) is 0 Å². The maximum absolute atomic E-state index is 11.2. The summed E-state index contributed by atoms with van der Waals surface area (Å²) in [6.45, 7) is 4.12. The fraction of sp³-hybridized carbons (Fsp3) is 0.273. The molecule has 0 aliphatic carbocycles. The Morgan fingerprint density at radius 1 is 1.53 bits per heavy atom. The Morgan fingerprint density at radius 2 is 2.27 bits per heavy atom. The largest absolute Gasteiger partial charge is 0.365 e. The lowest BCUT2D eigenvalue weighted by molar-refractivity contribution is 0.100. The van der Waals surface area contributed by atoms with Crippen molar-refractivity contribution in [3.05, 3.63) is 35.8 Å². The molecule has 2 N–H and O–H groups in total. The van der Waals surface area contributed by atoms with Gasteiger partial charge in [-0.25, -0.2) is 4.98 Å². The van der Waals surface area contributed by atoms with Crippen LogP contribution in [0.4, 0.5) is 0 Å². The van der Waals surface area contributed by atoms with Crippen molar-refractivity contribution in [1.82, 2.24) is 9.38 Å². The summed E-state index contributed by atoms with van der Waals surface area (Å²) in [5.41, 5.74) is 7.33. The lowest BCUT2D eigenvalue weighted by Crippen LogP contribution is -2.12. The first-order valence-electron chi connectivity index (χ1n) is 4.87. The molecule has 2 aromatic rings. The van der Waals surface area contributed by atoms with Crippen LogP contribution in [0.3, 0.4) is 0 Å². The predicted octanol–water partition coefficient (Wildman–Crippen LogP) is 1.56. The van der Waals surface area contributed by atoms with Crippen LogP contribution in [0.25, 0.3) is 5.65 Å². The maximum atomic E-state index is 11.2. The van der Waals surface area contributed by atoms with Crippen LogP contribution in [0.5, 0.6) is 0 Å². The Labute approximate surface area is 87.7 Å². The molecule has 0 aliphatic rings. The van der Waals surface area contributed by atoms with Crippen molar-refractivity contribution in [1.29, 1.82) is 0 Å². The SMILES string of the molecule is CC(C)c1cn2cccc(C(N)=O)c2n1. The van der Waals surface area contributed by atoms with Crippen molar-refractivity contribution in [2.24, 2.45) is 5.73 Å². The van der Waals surface area contributed by atoms with E-state index in [2.05, 4.69) is 18.8 Å². The molecule has 4 heteroatoms. The number of carbonyl (C=O) groups is 1. The highest BCUT2D eigenvalue weighted by Crippen LogP contribution is 2.16. The Bertz CT molecular complexity index is 514. The van der Waals surface area contributed by atoms with E-state index in [4.69, 9.17) is 5.73 Å². The predicted molar refractivity (Wildman–Crippen MR) is 57.8 cm³/mol. The number of imidazole rings is 1. The topological polar surface area (TPSA) is 60.4 Å². The molecule has 2 rings (SSSR count). The number of carbonyl (C=O) groups excluding carboxylic acids is 1. The molecule has 0 aromatic carbocycles. The summed E-state index contributed by atoms with van der Waals surface area (Å²) in [7, 11) is 0. The zero-order chi connectivity index (χ0) is 11.0. The molecule has 15 heavy (non-hydrogen) atoms. The van der Waals surface area contributed by atoms with E-state index in [1.165, 1.54) is 0 Å². The lowest BCUT2D eigenvalue weighted by atomic mass is 10.2. The summed E-state index contributed by atoms with van der Waals surface area (Å²) < 4.78 is 1.83. The van der Waals surface area contributed by atoms with E-state index in [0.29, 0.717) is 17.1 Å². The molecular formula is C11H13N3O. The summed E-state index contributed by atoms with van der Waals surface area (Å²) in [6, 6.07) is 3.48. The minimum Gasteiger partial charge on any atom is -0.365 e. The quantitative estimate of drug-likeness (QED) is 0.805. The average molecular weight is 203 g/mol. The molecule has 2 aromatic heterocycles. The third kappa shape index (κ3) is 1.58. The standard InChI is InChI=1S/C11H13N3O/c1-7(2)9-6-14-5-3-4-8(10(12)15)11(14)13-9/h3-7H,1-2H3,(H2,12,15). The van der Waals surface area contributed by atoms with E-state index in [9.17, 15) is 4.79 Å². The van der Waals surface area contributed by atoms with Crippen LogP contribution in [0.2, 0.25) is 0 Å². The van der Waals surface area contributed by atoms with Gasteiger partial charge in [-0.05, 0) is 18.1 Å². The minimum absolute atomic E-state index is 0.339. The second-order valence-electron chi connectivity index (χ2n) is 3.84. The van der Waals surface area contributed by atoms with Crippen molar-refractivity contribution in [2.75, 3.05) is 0 Å². The Morgan fingerprint density at radius 3 is 2.87 bits per heavy atom. The number of amides is 1. The van der Waals surface area contributed by atoms with Gasteiger partial charge >= 0.3 is 0 Å². The van der Waals surface area contributed by atoms with Gasteiger partial charge in [0.15, 0.2) is 0 Å².